The normalized spacial score (nSPS) is 10.2. The second-order valence-corrected chi connectivity index (χ2v) is 5.75. The summed E-state index contributed by atoms with van der Waals surface area (Å²) in [6.07, 6.45) is 0. The van der Waals surface area contributed by atoms with Crippen LogP contribution in [0.2, 0.25) is 5.02 Å². The Bertz CT molecular complexity index is 848. The third-order valence-electron chi connectivity index (χ3n) is 3.39. The molecular formula is C19H17ClFNO5. The van der Waals surface area contributed by atoms with Crippen LogP contribution in [0.3, 0.4) is 0 Å². The number of halogens is 2. The maximum atomic E-state index is 13.9. The molecule has 27 heavy (non-hydrogen) atoms. The van der Waals surface area contributed by atoms with E-state index in [1.807, 2.05) is 0 Å². The average molecular weight is 394 g/mol. The Morgan fingerprint density at radius 2 is 1.52 bits per heavy atom. The zero-order valence-corrected chi connectivity index (χ0v) is 15.4. The maximum absolute atomic E-state index is 13.9. The monoisotopic (exact) mass is 393 g/mol. The molecule has 2 rings (SSSR count). The summed E-state index contributed by atoms with van der Waals surface area (Å²) < 4.78 is 23.7. The third kappa shape index (κ3) is 5.27. The number of carbonyl (C=O) groups excluding carboxylic acids is 3. The molecule has 0 bridgehead atoms. The molecule has 0 unspecified atom stereocenters. The van der Waals surface area contributed by atoms with Crippen LogP contribution in [-0.4, -0.2) is 31.1 Å². The quantitative estimate of drug-likeness (QED) is 0.747. The lowest BCUT2D eigenvalue weighted by atomic mass is 10.1. The summed E-state index contributed by atoms with van der Waals surface area (Å²) in [4.78, 5) is 36.4. The minimum atomic E-state index is -0.786. The molecule has 0 saturated carbocycles. The SMILES string of the molecule is CCOC(=O)c1cc(NC(=O)c2cc(Cl)ccc2F)cc(C(=O)OCC)c1. The number of amides is 1. The molecule has 8 heteroatoms. The molecule has 0 saturated heterocycles. The van der Waals surface area contributed by atoms with Crippen LogP contribution >= 0.6 is 11.6 Å². The summed E-state index contributed by atoms with van der Waals surface area (Å²) in [6.45, 7) is 3.55. The fourth-order valence-corrected chi connectivity index (χ4v) is 2.41. The van der Waals surface area contributed by atoms with E-state index in [2.05, 4.69) is 5.32 Å². The van der Waals surface area contributed by atoms with E-state index in [4.69, 9.17) is 21.1 Å². The number of esters is 2. The second-order valence-electron chi connectivity index (χ2n) is 5.32. The van der Waals surface area contributed by atoms with Gasteiger partial charge in [0.15, 0.2) is 0 Å². The number of hydrogen-bond acceptors (Lipinski definition) is 5. The van der Waals surface area contributed by atoms with E-state index in [-0.39, 0.29) is 40.6 Å². The lowest BCUT2D eigenvalue weighted by Crippen LogP contribution is -2.16. The highest BCUT2D eigenvalue weighted by Gasteiger charge is 2.18. The van der Waals surface area contributed by atoms with Gasteiger partial charge in [-0.25, -0.2) is 14.0 Å². The Balaban J connectivity index is 2.39. The number of hydrogen-bond donors (Lipinski definition) is 1. The molecule has 0 aliphatic carbocycles. The van der Waals surface area contributed by atoms with Gasteiger partial charge in [-0.15, -0.1) is 0 Å². The van der Waals surface area contributed by atoms with Crippen LogP contribution in [0, 0.1) is 5.82 Å². The van der Waals surface area contributed by atoms with E-state index in [1.165, 1.54) is 30.3 Å². The number of benzene rings is 2. The van der Waals surface area contributed by atoms with Crippen molar-refractivity contribution in [2.45, 2.75) is 13.8 Å². The van der Waals surface area contributed by atoms with Gasteiger partial charge in [-0.05, 0) is 50.2 Å². The molecule has 2 aromatic rings. The lowest BCUT2D eigenvalue weighted by molar-refractivity contribution is 0.0525. The zero-order chi connectivity index (χ0) is 20.0. The molecule has 1 amide bonds. The third-order valence-corrected chi connectivity index (χ3v) is 3.62. The molecule has 0 heterocycles. The Labute approximate surface area is 160 Å². The molecule has 0 aliphatic heterocycles. The topological polar surface area (TPSA) is 81.7 Å². The van der Waals surface area contributed by atoms with Crippen LogP contribution in [0.15, 0.2) is 36.4 Å². The van der Waals surface area contributed by atoms with Gasteiger partial charge in [0.2, 0.25) is 0 Å². The van der Waals surface area contributed by atoms with Gasteiger partial charge in [-0.3, -0.25) is 4.79 Å². The van der Waals surface area contributed by atoms with Gasteiger partial charge in [0, 0.05) is 10.7 Å². The van der Waals surface area contributed by atoms with E-state index in [0.717, 1.165) is 6.07 Å². The number of ether oxygens (including phenoxy) is 2. The summed E-state index contributed by atoms with van der Waals surface area (Å²) in [6, 6.07) is 7.49. The number of carbonyl (C=O) groups is 3. The van der Waals surface area contributed by atoms with E-state index in [0.29, 0.717) is 0 Å². The van der Waals surface area contributed by atoms with Crippen LogP contribution in [0.5, 0.6) is 0 Å². The van der Waals surface area contributed by atoms with Crippen LogP contribution in [0.4, 0.5) is 10.1 Å². The highest BCUT2D eigenvalue weighted by atomic mass is 35.5. The van der Waals surface area contributed by atoms with Gasteiger partial charge < -0.3 is 14.8 Å². The largest absolute Gasteiger partial charge is 0.462 e. The summed E-state index contributed by atoms with van der Waals surface area (Å²) in [7, 11) is 0. The molecule has 142 valence electrons. The first-order chi connectivity index (χ1) is 12.8. The van der Waals surface area contributed by atoms with Gasteiger partial charge >= 0.3 is 11.9 Å². The van der Waals surface area contributed by atoms with Crippen LogP contribution in [0.1, 0.15) is 44.9 Å². The highest BCUT2D eigenvalue weighted by Crippen LogP contribution is 2.20. The van der Waals surface area contributed by atoms with Crippen molar-refractivity contribution >= 4 is 35.1 Å². The molecule has 1 N–H and O–H groups in total. The fourth-order valence-electron chi connectivity index (χ4n) is 2.23. The van der Waals surface area contributed by atoms with Gasteiger partial charge in [0.1, 0.15) is 5.82 Å². The number of rotatable bonds is 6. The van der Waals surface area contributed by atoms with Crippen molar-refractivity contribution < 1.29 is 28.2 Å². The summed E-state index contributed by atoms with van der Waals surface area (Å²) in [5, 5.41) is 2.64. The Morgan fingerprint density at radius 3 is 2.04 bits per heavy atom. The Morgan fingerprint density at radius 1 is 0.963 bits per heavy atom. The summed E-state index contributed by atoms with van der Waals surface area (Å²) >= 11 is 5.80. The Kier molecular flexibility index (Phi) is 6.90. The van der Waals surface area contributed by atoms with E-state index < -0.39 is 23.7 Å². The standard InChI is InChI=1S/C19H17ClFNO5/c1-3-26-18(24)11-7-12(19(25)27-4-2)9-14(8-11)22-17(23)15-10-13(20)5-6-16(15)21/h5-10H,3-4H2,1-2H3,(H,22,23). The molecule has 6 nitrogen and oxygen atoms in total. The second kappa shape index (κ2) is 9.14. The summed E-state index contributed by atoms with van der Waals surface area (Å²) in [5.74, 6) is -2.89. The zero-order valence-electron chi connectivity index (χ0n) is 14.7. The first kappa shape index (κ1) is 20.4. The van der Waals surface area contributed by atoms with Gasteiger partial charge in [0.05, 0.1) is 29.9 Å². The predicted molar refractivity (Wildman–Crippen MR) is 97.7 cm³/mol. The van der Waals surface area contributed by atoms with Crippen molar-refractivity contribution in [3.05, 3.63) is 63.9 Å². The van der Waals surface area contributed by atoms with Crippen LogP contribution < -0.4 is 5.32 Å². The number of nitrogens with one attached hydrogen (secondary N) is 1. The molecule has 0 fully saturated rings. The highest BCUT2D eigenvalue weighted by molar-refractivity contribution is 6.31. The van der Waals surface area contributed by atoms with Gasteiger partial charge in [-0.1, -0.05) is 11.6 Å². The molecule has 0 spiro atoms. The molecule has 0 aromatic heterocycles. The van der Waals surface area contributed by atoms with Crippen LogP contribution in [-0.2, 0) is 9.47 Å². The minimum Gasteiger partial charge on any atom is -0.462 e. The molecular weight excluding hydrogens is 377 g/mol. The lowest BCUT2D eigenvalue weighted by Gasteiger charge is -2.11. The smallest absolute Gasteiger partial charge is 0.338 e. The van der Waals surface area contributed by atoms with E-state index >= 15 is 0 Å². The molecule has 0 atom stereocenters. The first-order valence-electron chi connectivity index (χ1n) is 8.11. The van der Waals surface area contributed by atoms with Gasteiger partial charge in [-0.2, -0.15) is 0 Å². The maximum Gasteiger partial charge on any atom is 0.338 e. The van der Waals surface area contributed by atoms with Crippen LogP contribution in [0.25, 0.3) is 0 Å². The predicted octanol–water partition coefficient (Wildman–Crippen LogP) is 4.08. The fraction of sp³-hybridized carbons (Fsp3) is 0.211. The first-order valence-corrected chi connectivity index (χ1v) is 8.49. The van der Waals surface area contributed by atoms with E-state index in [9.17, 15) is 18.8 Å². The average Bonchev–Trinajstić information content (AvgIpc) is 2.63. The molecule has 2 aromatic carbocycles. The number of anilines is 1. The Hall–Kier alpha value is -2.93. The van der Waals surface area contributed by atoms with Crippen molar-refractivity contribution in [1.29, 1.82) is 0 Å². The summed E-state index contributed by atoms with van der Waals surface area (Å²) in [5.41, 5.74) is -0.0803. The van der Waals surface area contributed by atoms with Crippen molar-refractivity contribution in [2.24, 2.45) is 0 Å². The molecule has 0 aliphatic rings. The van der Waals surface area contributed by atoms with Crippen molar-refractivity contribution in [1.82, 2.24) is 0 Å². The molecule has 0 radical (unpaired) electrons. The van der Waals surface area contributed by atoms with Crippen molar-refractivity contribution in [2.75, 3.05) is 18.5 Å². The van der Waals surface area contributed by atoms with E-state index in [1.54, 1.807) is 13.8 Å². The van der Waals surface area contributed by atoms with Gasteiger partial charge in [0.25, 0.3) is 5.91 Å². The van der Waals surface area contributed by atoms with Crippen molar-refractivity contribution in [3.63, 3.8) is 0 Å². The minimum absolute atomic E-state index is 0.0456. The van der Waals surface area contributed by atoms with Crippen molar-refractivity contribution in [3.8, 4) is 0 Å².